The van der Waals surface area contributed by atoms with Crippen molar-refractivity contribution in [2.45, 2.75) is 38.9 Å². The normalized spacial score (nSPS) is 10.7. The zero-order chi connectivity index (χ0) is 16.6. The van der Waals surface area contributed by atoms with Gasteiger partial charge in [0.05, 0.1) is 11.2 Å². The Morgan fingerprint density at radius 1 is 0.700 bits per heavy atom. The third-order valence-corrected chi connectivity index (χ3v) is 2.35. The number of hydrogen-bond acceptors (Lipinski definition) is 7. The van der Waals surface area contributed by atoms with Gasteiger partial charge >= 0.3 is 7.32 Å². The van der Waals surface area contributed by atoms with Crippen LogP contribution in [-0.4, -0.2) is 54.0 Å². The van der Waals surface area contributed by atoms with E-state index < -0.39 is 18.5 Å². The van der Waals surface area contributed by atoms with E-state index in [1.54, 1.807) is 27.7 Å². The molecular weight excluding hydrogens is 267 g/mol. The first-order chi connectivity index (χ1) is 8.77. The third-order valence-electron chi connectivity index (χ3n) is 2.35. The molecule has 116 valence electrons. The van der Waals surface area contributed by atoms with Gasteiger partial charge in [0, 0.05) is 0 Å². The van der Waals surface area contributed by atoms with Gasteiger partial charge in [-0.3, -0.25) is 0 Å². The van der Waals surface area contributed by atoms with Crippen LogP contribution in [0.25, 0.3) is 0 Å². The van der Waals surface area contributed by atoms with Crippen LogP contribution in [0.5, 0.6) is 11.5 Å². The highest BCUT2D eigenvalue weighted by molar-refractivity contribution is 6.30. The number of benzene rings is 1. The standard InChI is InChI=1S/C6H6O2.C6H14O2.BH3O3/c7-5-1-2-6(8)4-3-5;1-5(2,7)6(3,4)8;2-1(3)4/h1-4,7-8H;7-8H,1-4H3;2-4H. The minimum absolute atomic E-state index is 0.169. The molecule has 0 aliphatic rings. The van der Waals surface area contributed by atoms with E-state index in [1.165, 1.54) is 24.3 Å². The summed E-state index contributed by atoms with van der Waals surface area (Å²) in [6.07, 6.45) is 0. The molecule has 0 saturated carbocycles. The van der Waals surface area contributed by atoms with Crippen LogP contribution in [0, 0.1) is 0 Å². The fraction of sp³-hybridized carbons (Fsp3) is 0.500. The second-order valence-electron chi connectivity index (χ2n) is 4.98. The van der Waals surface area contributed by atoms with Gasteiger partial charge in [0.15, 0.2) is 0 Å². The van der Waals surface area contributed by atoms with Crippen molar-refractivity contribution in [3.8, 4) is 11.5 Å². The molecule has 0 heterocycles. The molecule has 0 radical (unpaired) electrons. The molecule has 0 amide bonds. The number of aliphatic hydroxyl groups is 2. The van der Waals surface area contributed by atoms with Crippen molar-refractivity contribution in [2.75, 3.05) is 0 Å². The van der Waals surface area contributed by atoms with Gasteiger partial charge in [0.1, 0.15) is 11.5 Å². The highest BCUT2D eigenvalue weighted by atomic mass is 16.5. The molecule has 0 aliphatic carbocycles. The SMILES string of the molecule is CC(C)(O)C(C)(C)O.OB(O)O.Oc1ccc(O)cc1. The van der Waals surface area contributed by atoms with Gasteiger partial charge in [-0.2, -0.15) is 0 Å². The van der Waals surface area contributed by atoms with E-state index in [4.69, 9.17) is 35.5 Å². The molecule has 0 fully saturated rings. The highest BCUT2D eigenvalue weighted by Crippen LogP contribution is 2.19. The molecule has 8 heteroatoms. The van der Waals surface area contributed by atoms with Crippen molar-refractivity contribution in [3.63, 3.8) is 0 Å². The predicted molar refractivity (Wildman–Crippen MR) is 74.8 cm³/mol. The number of aromatic hydroxyl groups is 2. The van der Waals surface area contributed by atoms with E-state index in [1.807, 2.05) is 0 Å². The summed E-state index contributed by atoms with van der Waals surface area (Å²) >= 11 is 0. The molecule has 1 aromatic carbocycles. The minimum Gasteiger partial charge on any atom is -0.508 e. The maximum Gasteiger partial charge on any atom is 0.631 e. The largest absolute Gasteiger partial charge is 0.631 e. The molecule has 0 spiro atoms. The molecule has 0 bridgehead atoms. The maximum absolute atomic E-state index is 9.10. The van der Waals surface area contributed by atoms with Crippen LogP contribution >= 0.6 is 0 Å². The lowest BCUT2D eigenvalue weighted by molar-refractivity contribution is -0.107. The average molecular weight is 290 g/mol. The summed E-state index contributed by atoms with van der Waals surface area (Å²) in [6, 6.07) is 5.70. The fourth-order valence-corrected chi connectivity index (χ4v) is 0.453. The number of phenolic OH excluding ortho intramolecular Hbond substituents is 2. The van der Waals surface area contributed by atoms with Gasteiger partial charge in [-0.15, -0.1) is 0 Å². The van der Waals surface area contributed by atoms with E-state index in [2.05, 4.69) is 0 Å². The van der Waals surface area contributed by atoms with Crippen LogP contribution < -0.4 is 0 Å². The van der Waals surface area contributed by atoms with Crippen LogP contribution in [0.15, 0.2) is 24.3 Å². The average Bonchev–Trinajstić information content (AvgIpc) is 2.19. The molecule has 7 nitrogen and oxygen atoms in total. The zero-order valence-corrected chi connectivity index (χ0v) is 12.0. The Morgan fingerprint density at radius 3 is 0.950 bits per heavy atom. The highest BCUT2D eigenvalue weighted by Gasteiger charge is 2.31. The van der Waals surface area contributed by atoms with Gasteiger partial charge < -0.3 is 35.5 Å². The van der Waals surface area contributed by atoms with Crippen molar-refractivity contribution < 1.29 is 35.5 Å². The first-order valence-corrected chi connectivity index (χ1v) is 5.74. The van der Waals surface area contributed by atoms with Crippen LogP contribution in [0.4, 0.5) is 0 Å². The van der Waals surface area contributed by atoms with E-state index in [-0.39, 0.29) is 11.5 Å². The molecule has 1 rings (SSSR count). The number of phenols is 2. The molecular formula is C12H23BO7. The lowest BCUT2D eigenvalue weighted by Crippen LogP contribution is -2.44. The summed E-state index contributed by atoms with van der Waals surface area (Å²) in [6.45, 7) is 6.31. The van der Waals surface area contributed by atoms with E-state index in [9.17, 15) is 0 Å². The van der Waals surface area contributed by atoms with Crippen LogP contribution in [0.1, 0.15) is 27.7 Å². The van der Waals surface area contributed by atoms with Crippen LogP contribution in [-0.2, 0) is 0 Å². The van der Waals surface area contributed by atoms with Crippen molar-refractivity contribution in [2.24, 2.45) is 0 Å². The number of hydrogen-bond donors (Lipinski definition) is 7. The van der Waals surface area contributed by atoms with E-state index in [0.717, 1.165) is 0 Å². The summed E-state index contributed by atoms with van der Waals surface area (Å²) in [5.74, 6) is 0.339. The minimum atomic E-state index is -2.17. The molecule has 1 aromatic rings. The lowest BCUT2D eigenvalue weighted by Gasteiger charge is -2.31. The molecule has 7 N–H and O–H groups in total. The second-order valence-corrected chi connectivity index (χ2v) is 4.98. The third kappa shape index (κ3) is 13.1. The molecule has 0 atom stereocenters. The van der Waals surface area contributed by atoms with Crippen molar-refractivity contribution in [1.82, 2.24) is 0 Å². The van der Waals surface area contributed by atoms with Crippen molar-refractivity contribution >= 4 is 7.32 Å². The Hall–Kier alpha value is -1.32. The Bertz CT molecular complexity index is 316. The summed E-state index contributed by atoms with van der Waals surface area (Å²) < 4.78 is 0. The summed E-state index contributed by atoms with van der Waals surface area (Å²) in [5.41, 5.74) is -2.01. The fourth-order valence-electron chi connectivity index (χ4n) is 0.453. The Morgan fingerprint density at radius 2 is 0.850 bits per heavy atom. The number of rotatable bonds is 1. The second kappa shape index (κ2) is 8.78. The summed E-state index contributed by atoms with van der Waals surface area (Å²) in [4.78, 5) is 0. The van der Waals surface area contributed by atoms with E-state index >= 15 is 0 Å². The summed E-state index contributed by atoms with van der Waals surface area (Å²) in [7, 11) is -2.17. The molecule has 0 aromatic heterocycles. The molecule has 20 heavy (non-hydrogen) atoms. The summed E-state index contributed by atoms with van der Waals surface area (Å²) in [5, 5.41) is 57.0. The first kappa shape index (κ1) is 21.0. The zero-order valence-electron chi connectivity index (χ0n) is 12.0. The maximum atomic E-state index is 9.10. The van der Waals surface area contributed by atoms with Gasteiger partial charge in [0.25, 0.3) is 0 Å². The topological polar surface area (TPSA) is 142 Å². The van der Waals surface area contributed by atoms with Crippen molar-refractivity contribution in [3.05, 3.63) is 24.3 Å². The smallest absolute Gasteiger partial charge is 0.508 e. The molecule has 0 aliphatic heterocycles. The van der Waals surface area contributed by atoms with Crippen LogP contribution in [0.3, 0.4) is 0 Å². The first-order valence-electron chi connectivity index (χ1n) is 5.74. The molecule has 0 saturated heterocycles. The van der Waals surface area contributed by atoms with E-state index in [0.29, 0.717) is 0 Å². The molecule has 0 unspecified atom stereocenters. The van der Waals surface area contributed by atoms with Crippen LogP contribution in [0.2, 0.25) is 0 Å². The Balaban J connectivity index is 0. The monoisotopic (exact) mass is 290 g/mol. The lowest BCUT2D eigenvalue weighted by atomic mass is 9.90. The van der Waals surface area contributed by atoms with Gasteiger partial charge in [-0.05, 0) is 52.0 Å². The quantitative estimate of drug-likeness (QED) is 0.275. The van der Waals surface area contributed by atoms with Crippen molar-refractivity contribution in [1.29, 1.82) is 0 Å². The Kier molecular flexibility index (Phi) is 9.21. The Labute approximate surface area is 118 Å². The van der Waals surface area contributed by atoms with Gasteiger partial charge in [0.2, 0.25) is 0 Å². The predicted octanol–water partition coefficient (Wildman–Crippen LogP) is -0.426. The van der Waals surface area contributed by atoms with Gasteiger partial charge in [-0.25, -0.2) is 0 Å². The van der Waals surface area contributed by atoms with Gasteiger partial charge in [-0.1, -0.05) is 0 Å².